The molecule has 0 aliphatic rings. The van der Waals surface area contributed by atoms with Gasteiger partial charge in [-0.15, -0.1) is 0 Å². The smallest absolute Gasteiger partial charge is 0.0596 e. The van der Waals surface area contributed by atoms with Gasteiger partial charge < -0.3 is 10.2 Å². The molecule has 0 spiro atoms. The summed E-state index contributed by atoms with van der Waals surface area (Å²) in [5.74, 6) is 0. The minimum absolute atomic E-state index is 0.195. The van der Waals surface area contributed by atoms with Crippen molar-refractivity contribution in [2.75, 3.05) is 24.3 Å². The molecule has 1 atom stereocenters. The van der Waals surface area contributed by atoms with E-state index >= 15 is 0 Å². The fourth-order valence-electron chi connectivity index (χ4n) is 2.32. The van der Waals surface area contributed by atoms with E-state index < -0.39 is 0 Å². The van der Waals surface area contributed by atoms with Gasteiger partial charge in [-0.3, -0.25) is 0 Å². The fraction of sp³-hybridized carbons (Fsp3) is 0.294. The summed E-state index contributed by atoms with van der Waals surface area (Å²) in [5, 5.41) is 4.78. The molecule has 21 heavy (non-hydrogen) atoms. The van der Waals surface area contributed by atoms with E-state index in [-0.39, 0.29) is 6.04 Å². The minimum Gasteiger partial charge on any atom is -0.377 e. The van der Waals surface area contributed by atoms with Crippen molar-refractivity contribution in [3.05, 3.63) is 58.1 Å². The van der Waals surface area contributed by atoms with Gasteiger partial charge in [0.15, 0.2) is 0 Å². The van der Waals surface area contributed by atoms with Crippen LogP contribution in [-0.4, -0.2) is 14.1 Å². The van der Waals surface area contributed by atoms with Crippen molar-refractivity contribution >= 4 is 34.6 Å². The van der Waals surface area contributed by atoms with Gasteiger partial charge in [-0.2, -0.15) is 0 Å². The first-order valence-electron chi connectivity index (χ1n) is 7.00. The van der Waals surface area contributed by atoms with Gasteiger partial charge in [0, 0.05) is 14.1 Å². The van der Waals surface area contributed by atoms with E-state index in [0.717, 1.165) is 23.4 Å². The second-order valence-electron chi connectivity index (χ2n) is 5.19. The third-order valence-corrected chi connectivity index (χ3v) is 4.21. The standard InChI is InChI=1S/C17H20Cl2N2/c1-4-15(12-9-10-13(18)14(19)11-12)20-16-7-5-6-8-17(16)21(2)3/h5-11,15,20H,4H2,1-3H3. The van der Waals surface area contributed by atoms with Crippen LogP contribution in [0.4, 0.5) is 11.4 Å². The molecule has 2 aromatic carbocycles. The van der Waals surface area contributed by atoms with Crippen molar-refractivity contribution in [2.24, 2.45) is 0 Å². The SMILES string of the molecule is CCC(Nc1ccccc1N(C)C)c1ccc(Cl)c(Cl)c1. The van der Waals surface area contributed by atoms with E-state index in [1.165, 1.54) is 0 Å². The van der Waals surface area contributed by atoms with Crippen molar-refractivity contribution in [1.82, 2.24) is 0 Å². The van der Waals surface area contributed by atoms with Crippen molar-refractivity contribution in [2.45, 2.75) is 19.4 Å². The van der Waals surface area contributed by atoms with Crippen molar-refractivity contribution in [3.63, 3.8) is 0 Å². The molecule has 0 saturated heterocycles. The Morgan fingerprint density at radius 3 is 2.38 bits per heavy atom. The lowest BCUT2D eigenvalue weighted by atomic mass is 10.0. The van der Waals surface area contributed by atoms with Gasteiger partial charge in [0.2, 0.25) is 0 Å². The molecule has 1 N–H and O–H groups in total. The predicted octanol–water partition coefficient (Wildman–Crippen LogP) is 5.62. The molecule has 0 bridgehead atoms. The predicted molar refractivity (Wildman–Crippen MR) is 93.9 cm³/mol. The van der Waals surface area contributed by atoms with Crippen molar-refractivity contribution < 1.29 is 0 Å². The van der Waals surface area contributed by atoms with Gasteiger partial charge in [0.25, 0.3) is 0 Å². The molecular weight excluding hydrogens is 303 g/mol. The van der Waals surface area contributed by atoms with Crippen molar-refractivity contribution in [3.8, 4) is 0 Å². The van der Waals surface area contributed by atoms with Gasteiger partial charge in [-0.05, 0) is 36.2 Å². The number of nitrogens with zero attached hydrogens (tertiary/aromatic N) is 1. The summed E-state index contributed by atoms with van der Waals surface area (Å²) in [6, 6.07) is 14.3. The molecule has 4 heteroatoms. The Morgan fingerprint density at radius 2 is 1.76 bits per heavy atom. The summed E-state index contributed by atoms with van der Waals surface area (Å²) in [4.78, 5) is 2.10. The Bertz CT molecular complexity index is 611. The Morgan fingerprint density at radius 1 is 1.05 bits per heavy atom. The number of halogens is 2. The van der Waals surface area contributed by atoms with Crippen LogP contribution in [0.25, 0.3) is 0 Å². The molecule has 0 aromatic heterocycles. The topological polar surface area (TPSA) is 15.3 Å². The molecule has 0 fully saturated rings. The van der Waals surface area contributed by atoms with Crippen molar-refractivity contribution in [1.29, 1.82) is 0 Å². The first-order chi connectivity index (χ1) is 10.0. The van der Waals surface area contributed by atoms with E-state index in [1.807, 2.05) is 44.4 Å². The molecule has 0 heterocycles. The van der Waals surface area contributed by atoms with Crippen LogP contribution in [0.15, 0.2) is 42.5 Å². The summed E-state index contributed by atoms with van der Waals surface area (Å²) in [5.41, 5.74) is 3.41. The Hall–Kier alpha value is -1.38. The van der Waals surface area contributed by atoms with Gasteiger partial charge in [-0.1, -0.05) is 48.3 Å². The first kappa shape index (κ1) is 16.0. The summed E-state index contributed by atoms with van der Waals surface area (Å²) in [6.45, 7) is 2.15. The highest BCUT2D eigenvalue weighted by molar-refractivity contribution is 6.42. The maximum Gasteiger partial charge on any atom is 0.0596 e. The number of para-hydroxylation sites is 2. The average molecular weight is 323 g/mol. The average Bonchev–Trinajstić information content (AvgIpc) is 2.48. The molecule has 0 aliphatic heterocycles. The van der Waals surface area contributed by atoms with Gasteiger partial charge in [0.1, 0.15) is 0 Å². The van der Waals surface area contributed by atoms with E-state index in [9.17, 15) is 0 Å². The molecule has 0 aliphatic carbocycles. The molecule has 0 radical (unpaired) electrons. The number of rotatable bonds is 5. The molecule has 2 aromatic rings. The Labute approximate surface area is 136 Å². The van der Waals surface area contributed by atoms with Crippen LogP contribution in [0.2, 0.25) is 10.0 Å². The van der Waals surface area contributed by atoms with Crippen LogP contribution >= 0.6 is 23.2 Å². The van der Waals surface area contributed by atoms with Crippen LogP contribution in [0.5, 0.6) is 0 Å². The maximum atomic E-state index is 6.13. The highest BCUT2D eigenvalue weighted by Crippen LogP contribution is 2.32. The lowest BCUT2D eigenvalue weighted by molar-refractivity contribution is 0.749. The fourth-order valence-corrected chi connectivity index (χ4v) is 2.63. The molecule has 0 amide bonds. The molecular formula is C17H20Cl2N2. The Balaban J connectivity index is 2.29. The van der Waals surface area contributed by atoms with Gasteiger partial charge >= 0.3 is 0 Å². The highest BCUT2D eigenvalue weighted by Gasteiger charge is 2.13. The second kappa shape index (κ2) is 7.06. The number of hydrogen-bond acceptors (Lipinski definition) is 2. The summed E-state index contributed by atoms with van der Waals surface area (Å²) < 4.78 is 0. The number of nitrogens with one attached hydrogen (secondary N) is 1. The van der Waals surface area contributed by atoms with E-state index in [4.69, 9.17) is 23.2 Å². The third-order valence-electron chi connectivity index (χ3n) is 3.47. The number of anilines is 2. The van der Waals surface area contributed by atoms with Crippen LogP contribution in [0.1, 0.15) is 24.9 Å². The minimum atomic E-state index is 0.195. The van der Waals surface area contributed by atoms with Crippen LogP contribution in [0.3, 0.4) is 0 Å². The van der Waals surface area contributed by atoms with E-state index in [0.29, 0.717) is 10.0 Å². The molecule has 0 saturated carbocycles. The first-order valence-corrected chi connectivity index (χ1v) is 7.76. The summed E-state index contributed by atoms with van der Waals surface area (Å²) in [6.07, 6.45) is 0.958. The maximum absolute atomic E-state index is 6.13. The molecule has 2 nitrogen and oxygen atoms in total. The molecule has 1 unspecified atom stereocenters. The van der Waals surface area contributed by atoms with Crippen LogP contribution in [-0.2, 0) is 0 Å². The Kier molecular flexibility index (Phi) is 5.38. The van der Waals surface area contributed by atoms with E-state index in [2.05, 4.69) is 29.3 Å². The lowest BCUT2D eigenvalue weighted by Gasteiger charge is -2.24. The summed E-state index contributed by atoms with van der Waals surface area (Å²) >= 11 is 12.1. The van der Waals surface area contributed by atoms with E-state index in [1.54, 1.807) is 0 Å². The summed E-state index contributed by atoms with van der Waals surface area (Å²) in [7, 11) is 4.08. The molecule has 112 valence electrons. The highest BCUT2D eigenvalue weighted by atomic mass is 35.5. The lowest BCUT2D eigenvalue weighted by Crippen LogP contribution is -2.15. The zero-order valence-electron chi connectivity index (χ0n) is 12.5. The molecule has 2 rings (SSSR count). The second-order valence-corrected chi connectivity index (χ2v) is 6.00. The van der Waals surface area contributed by atoms with Gasteiger partial charge in [-0.25, -0.2) is 0 Å². The zero-order chi connectivity index (χ0) is 15.4. The third kappa shape index (κ3) is 3.84. The van der Waals surface area contributed by atoms with Crippen LogP contribution in [0, 0.1) is 0 Å². The van der Waals surface area contributed by atoms with Crippen LogP contribution < -0.4 is 10.2 Å². The number of hydrogen-bond donors (Lipinski definition) is 1. The van der Waals surface area contributed by atoms with Gasteiger partial charge in [0.05, 0.1) is 27.5 Å². The monoisotopic (exact) mass is 322 g/mol. The zero-order valence-corrected chi connectivity index (χ0v) is 14.0. The number of benzene rings is 2. The quantitative estimate of drug-likeness (QED) is 0.768. The normalized spacial score (nSPS) is 12.0. The largest absolute Gasteiger partial charge is 0.377 e.